The first kappa shape index (κ1) is 16.5. The molecule has 0 radical (unpaired) electrons. The molecule has 1 atom stereocenters. The average molecular weight is 329 g/mol. The van der Waals surface area contributed by atoms with Crippen LogP contribution in [0.25, 0.3) is 5.70 Å². The number of nitrogens with zero attached hydrogens (tertiary/aromatic N) is 1. The van der Waals surface area contributed by atoms with Crippen molar-refractivity contribution in [1.82, 2.24) is 16.0 Å². The minimum Gasteiger partial charge on any atom is -0.464 e. The lowest BCUT2D eigenvalue weighted by Crippen LogP contribution is -2.51. The van der Waals surface area contributed by atoms with Gasteiger partial charge in [0, 0.05) is 11.1 Å². The van der Waals surface area contributed by atoms with Gasteiger partial charge in [-0.05, 0) is 37.3 Å². The third kappa shape index (κ3) is 2.78. The molecule has 24 heavy (non-hydrogen) atoms. The van der Waals surface area contributed by atoms with E-state index in [0.717, 1.165) is 41.6 Å². The largest absolute Gasteiger partial charge is 0.464 e. The highest BCUT2D eigenvalue weighted by molar-refractivity contribution is 5.81. The predicted octanol–water partition coefficient (Wildman–Crippen LogP) is 2.03. The second-order valence-corrected chi connectivity index (χ2v) is 6.40. The van der Waals surface area contributed by atoms with Gasteiger partial charge in [0.2, 0.25) is 0 Å². The quantitative estimate of drug-likeness (QED) is 0.636. The molecule has 0 spiro atoms. The molecule has 2 N–H and O–H groups in total. The number of hydrogen-bond donors (Lipinski definition) is 2. The molecule has 2 aliphatic rings. The summed E-state index contributed by atoms with van der Waals surface area (Å²) >= 11 is 0. The van der Waals surface area contributed by atoms with E-state index in [1.165, 1.54) is 0 Å². The first-order chi connectivity index (χ1) is 11.6. The van der Waals surface area contributed by atoms with Gasteiger partial charge < -0.3 is 10.2 Å². The summed E-state index contributed by atoms with van der Waals surface area (Å²) in [6, 6.07) is 5.32. The Labute approximate surface area is 141 Å². The van der Waals surface area contributed by atoms with Crippen molar-refractivity contribution in [3.05, 3.63) is 40.6 Å². The topological polar surface area (TPSA) is 70.7 Å². The Bertz CT molecular complexity index is 697. The number of carbonyl (C=O) groups is 2. The molecule has 0 saturated heterocycles. The van der Waals surface area contributed by atoms with E-state index in [4.69, 9.17) is 4.74 Å². The van der Waals surface area contributed by atoms with Crippen molar-refractivity contribution in [3.8, 4) is 0 Å². The van der Waals surface area contributed by atoms with E-state index in [-0.39, 0.29) is 17.9 Å². The van der Waals surface area contributed by atoms with Gasteiger partial charge in [-0.25, -0.2) is 4.79 Å². The predicted molar refractivity (Wildman–Crippen MR) is 90.4 cm³/mol. The molecule has 0 aromatic heterocycles. The van der Waals surface area contributed by atoms with Crippen LogP contribution >= 0.6 is 0 Å². The second-order valence-electron chi connectivity index (χ2n) is 6.40. The first-order valence-corrected chi connectivity index (χ1v) is 8.36. The summed E-state index contributed by atoms with van der Waals surface area (Å²) in [5.74, 6) is -0.123. The molecule has 0 bridgehead atoms. The third-order valence-corrected chi connectivity index (χ3v) is 4.48. The van der Waals surface area contributed by atoms with Crippen molar-refractivity contribution >= 4 is 18.0 Å². The summed E-state index contributed by atoms with van der Waals surface area (Å²) in [4.78, 5) is 23.4. The molecule has 1 heterocycles. The third-order valence-electron chi connectivity index (χ3n) is 4.48. The van der Waals surface area contributed by atoms with Gasteiger partial charge in [0.1, 0.15) is 12.3 Å². The molecule has 0 unspecified atom stereocenters. The van der Waals surface area contributed by atoms with E-state index >= 15 is 0 Å². The monoisotopic (exact) mass is 329 g/mol. The summed E-state index contributed by atoms with van der Waals surface area (Å²) in [7, 11) is 0. The van der Waals surface area contributed by atoms with Crippen molar-refractivity contribution in [2.75, 3.05) is 6.61 Å². The Kier molecular flexibility index (Phi) is 4.57. The highest BCUT2D eigenvalue weighted by Gasteiger charge is 2.38. The second kappa shape index (κ2) is 6.65. The average Bonchev–Trinajstić information content (AvgIpc) is 2.98. The number of hydrazine groups is 2. The molecular formula is C18H23N3O3. The van der Waals surface area contributed by atoms with Crippen LogP contribution < -0.4 is 11.0 Å². The minimum atomic E-state index is -0.388. The van der Waals surface area contributed by atoms with E-state index in [0.29, 0.717) is 12.2 Å². The maximum atomic E-state index is 12.4. The SMILES string of the molecule is CCOC(=O)[C@H](C(C)C)N1NNC2=C1CCc1cc(C=O)ccc12. The molecule has 1 aliphatic carbocycles. The number of ether oxygens (including phenoxy) is 1. The fourth-order valence-corrected chi connectivity index (χ4v) is 3.38. The smallest absolute Gasteiger partial charge is 0.330 e. The van der Waals surface area contributed by atoms with Crippen LogP contribution in [0.1, 0.15) is 48.7 Å². The molecule has 0 saturated carbocycles. The fraction of sp³-hybridized carbons (Fsp3) is 0.444. The maximum absolute atomic E-state index is 12.4. The van der Waals surface area contributed by atoms with Crippen LogP contribution in [0.15, 0.2) is 23.9 Å². The van der Waals surface area contributed by atoms with Crippen LogP contribution in [0.2, 0.25) is 0 Å². The normalized spacial score (nSPS) is 17.2. The van der Waals surface area contributed by atoms with E-state index in [2.05, 4.69) is 11.0 Å². The number of esters is 1. The Morgan fingerprint density at radius 3 is 2.83 bits per heavy atom. The van der Waals surface area contributed by atoms with Crippen LogP contribution in [0.4, 0.5) is 0 Å². The summed E-state index contributed by atoms with van der Waals surface area (Å²) < 4.78 is 5.25. The van der Waals surface area contributed by atoms with Crippen LogP contribution in [-0.2, 0) is 16.0 Å². The Hall–Kier alpha value is -2.34. The van der Waals surface area contributed by atoms with Crippen molar-refractivity contribution in [1.29, 1.82) is 0 Å². The lowest BCUT2D eigenvalue weighted by Gasteiger charge is -2.32. The Morgan fingerprint density at radius 2 is 2.17 bits per heavy atom. The van der Waals surface area contributed by atoms with Gasteiger partial charge in [-0.15, -0.1) is 5.53 Å². The summed E-state index contributed by atoms with van der Waals surface area (Å²) in [5, 5.41) is 1.90. The highest BCUT2D eigenvalue weighted by atomic mass is 16.5. The van der Waals surface area contributed by atoms with Crippen LogP contribution in [0.3, 0.4) is 0 Å². The van der Waals surface area contributed by atoms with E-state index in [1.54, 1.807) is 0 Å². The zero-order chi connectivity index (χ0) is 17.3. The van der Waals surface area contributed by atoms with Gasteiger partial charge in [0.15, 0.2) is 0 Å². The molecule has 0 fully saturated rings. The Morgan fingerprint density at radius 1 is 1.38 bits per heavy atom. The lowest BCUT2D eigenvalue weighted by molar-refractivity contribution is -0.151. The van der Waals surface area contributed by atoms with Crippen LogP contribution in [-0.4, -0.2) is 29.9 Å². The number of benzene rings is 1. The highest BCUT2D eigenvalue weighted by Crippen LogP contribution is 2.35. The van der Waals surface area contributed by atoms with Gasteiger partial charge in [0.05, 0.1) is 18.0 Å². The molecule has 1 aromatic rings. The maximum Gasteiger partial charge on any atom is 0.330 e. The molecule has 6 heteroatoms. The number of nitrogens with one attached hydrogen (secondary N) is 2. The molecule has 128 valence electrons. The number of hydrogen-bond acceptors (Lipinski definition) is 6. The number of aldehydes is 1. The Balaban J connectivity index is 1.95. The standard InChI is InChI=1S/C18H23N3O3/c1-4-24-18(23)17(11(2)3)21-15-8-6-13-9-12(10-22)5-7-14(13)16(15)19-20-21/h5,7,9-11,17,19-20H,4,6,8H2,1-3H3/t17-/m0/s1. The van der Waals surface area contributed by atoms with Crippen LogP contribution in [0, 0.1) is 5.92 Å². The number of carbonyl (C=O) groups excluding carboxylic acids is 2. The van der Waals surface area contributed by atoms with E-state index < -0.39 is 0 Å². The molecule has 6 nitrogen and oxygen atoms in total. The van der Waals surface area contributed by atoms with Gasteiger partial charge in [-0.3, -0.25) is 9.80 Å². The fourth-order valence-electron chi connectivity index (χ4n) is 3.38. The number of aryl methyl sites for hydroxylation is 1. The summed E-state index contributed by atoms with van der Waals surface area (Å²) in [5.41, 5.74) is 11.3. The molecule has 1 aliphatic heterocycles. The van der Waals surface area contributed by atoms with Crippen molar-refractivity contribution in [3.63, 3.8) is 0 Å². The lowest BCUT2D eigenvalue weighted by atomic mass is 9.90. The summed E-state index contributed by atoms with van der Waals surface area (Å²) in [6.45, 7) is 6.20. The first-order valence-electron chi connectivity index (χ1n) is 8.36. The zero-order valence-electron chi connectivity index (χ0n) is 14.3. The molecule has 3 rings (SSSR count). The van der Waals surface area contributed by atoms with E-state index in [9.17, 15) is 9.59 Å². The van der Waals surface area contributed by atoms with Crippen LogP contribution in [0.5, 0.6) is 0 Å². The number of fused-ring (bicyclic) bond motifs is 2. The van der Waals surface area contributed by atoms with Crippen molar-refractivity contribution in [2.24, 2.45) is 5.92 Å². The number of allylic oxidation sites excluding steroid dienone is 1. The van der Waals surface area contributed by atoms with Gasteiger partial charge in [0.25, 0.3) is 0 Å². The summed E-state index contributed by atoms with van der Waals surface area (Å²) in [6.07, 6.45) is 2.50. The molecule has 1 aromatic carbocycles. The van der Waals surface area contributed by atoms with Gasteiger partial charge in [-0.1, -0.05) is 26.0 Å². The van der Waals surface area contributed by atoms with Gasteiger partial charge >= 0.3 is 5.97 Å². The number of rotatable bonds is 5. The minimum absolute atomic E-state index is 0.101. The van der Waals surface area contributed by atoms with Gasteiger partial charge in [-0.2, -0.15) is 0 Å². The van der Waals surface area contributed by atoms with E-state index in [1.807, 2.05) is 44.0 Å². The molecule has 0 amide bonds. The molecular weight excluding hydrogens is 306 g/mol. The van der Waals surface area contributed by atoms with Crippen molar-refractivity contribution in [2.45, 2.75) is 39.7 Å². The zero-order valence-corrected chi connectivity index (χ0v) is 14.3. The van der Waals surface area contributed by atoms with Crippen molar-refractivity contribution < 1.29 is 14.3 Å².